The van der Waals surface area contributed by atoms with Crippen LogP contribution in [0.1, 0.15) is 26.3 Å². The maximum atomic E-state index is 12.1. The van der Waals surface area contributed by atoms with E-state index in [0.717, 1.165) is 5.56 Å². The van der Waals surface area contributed by atoms with Gasteiger partial charge in [0.2, 0.25) is 0 Å². The molecule has 0 N–H and O–H groups in total. The van der Waals surface area contributed by atoms with Gasteiger partial charge in [-0.3, -0.25) is 4.98 Å². The van der Waals surface area contributed by atoms with E-state index in [-0.39, 0.29) is 6.61 Å². The highest BCUT2D eigenvalue weighted by molar-refractivity contribution is 5.81. The highest BCUT2D eigenvalue weighted by Crippen LogP contribution is 2.20. The Bertz CT molecular complexity index is 425. The Balaban J connectivity index is 3.01. The summed E-state index contributed by atoms with van der Waals surface area (Å²) < 4.78 is 16.0. The SMILES string of the molecule is CCOC(=O)C(C=Cc1cccnc1)(OCC)OCC. The van der Waals surface area contributed by atoms with Crippen LogP contribution >= 0.6 is 0 Å². The second-order valence-electron chi connectivity index (χ2n) is 3.87. The zero-order chi connectivity index (χ0) is 14.8. The number of pyridine rings is 1. The summed E-state index contributed by atoms with van der Waals surface area (Å²) in [4.78, 5) is 16.1. The van der Waals surface area contributed by atoms with Crippen LogP contribution in [0.4, 0.5) is 0 Å². The van der Waals surface area contributed by atoms with Crippen molar-refractivity contribution in [3.8, 4) is 0 Å². The minimum Gasteiger partial charge on any atom is -0.462 e. The van der Waals surface area contributed by atoms with E-state index in [1.165, 1.54) is 0 Å². The number of nitrogens with zero attached hydrogens (tertiary/aromatic N) is 1. The zero-order valence-corrected chi connectivity index (χ0v) is 12.2. The molecule has 110 valence electrons. The molecule has 0 amide bonds. The summed E-state index contributed by atoms with van der Waals surface area (Å²) in [5, 5.41) is 0. The van der Waals surface area contributed by atoms with E-state index >= 15 is 0 Å². The molecule has 0 aliphatic carbocycles. The second-order valence-corrected chi connectivity index (χ2v) is 3.87. The first-order chi connectivity index (χ1) is 9.68. The molecule has 0 aromatic carbocycles. The van der Waals surface area contributed by atoms with Crippen LogP contribution in [-0.2, 0) is 19.0 Å². The summed E-state index contributed by atoms with van der Waals surface area (Å²) in [7, 11) is 0. The van der Waals surface area contributed by atoms with Gasteiger partial charge in [0.15, 0.2) is 0 Å². The molecule has 0 spiro atoms. The lowest BCUT2D eigenvalue weighted by atomic mass is 10.2. The van der Waals surface area contributed by atoms with E-state index in [2.05, 4.69) is 4.98 Å². The van der Waals surface area contributed by atoms with Crippen molar-refractivity contribution in [1.29, 1.82) is 0 Å². The Hall–Kier alpha value is -1.72. The van der Waals surface area contributed by atoms with Gasteiger partial charge in [0.05, 0.1) is 6.61 Å². The molecule has 1 rings (SSSR count). The van der Waals surface area contributed by atoms with Gasteiger partial charge in [0.25, 0.3) is 5.79 Å². The normalized spacial score (nSPS) is 11.8. The highest BCUT2D eigenvalue weighted by Gasteiger charge is 2.39. The predicted octanol–water partition coefficient (Wildman–Crippen LogP) is 2.43. The minimum atomic E-state index is -1.50. The number of hydrogen-bond donors (Lipinski definition) is 0. The third-order valence-corrected chi connectivity index (χ3v) is 2.46. The number of carbonyl (C=O) groups excluding carboxylic acids is 1. The standard InChI is InChI=1S/C15H21NO4/c1-4-18-14(17)15(19-5-2,20-6-3)10-9-13-8-7-11-16-12-13/h7-12H,4-6H2,1-3H3. The zero-order valence-electron chi connectivity index (χ0n) is 12.2. The first kappa shape index (κ1) is 16.3. The monoisotopic (exact) mass is 279 g/mol. The van der Waals surface area contributed by atoms with Crippen molar-refractivity contribution in [3.05, 3.63) is 36.2 Å². The Labute approximate surface area is 119 Å². The summed E-state index contributed by atoms with van der Waals surface area (Å²) in [6, 6.07) is 3.68. The fourth-order valence-corrected chi connectivity index (χ4v) is 1.66. The molecule has 0 atom stereocenters. The molecule has 1 aromatic heterocycles. The van der Waals surface area contributed by atoms with Gasteiger partial charge < -0.3 is 14.2 Å². The molecular formula is C15H21NO4. The molecule has 5 nitrogen and oxygen atoms in total. The summed E-state index contributed by atoms with van der Waals surface area (Å²) in [6.45, 7) is 6.26. The van der Waals surface area contributed by atoms with Gasteiger partial charge in [-0.1, -0.05) is 12.1 Å². The number of hydrogen-bond acceptors (Lipinski definition) is 5. The van der Waals surface area contributed by atoms with Gasteiger partial charge in [-0.25, -0.2) is 4.79 Å². The maximum Gasteiger partial charge on any atom is 0.371 e. The maximum absolute atomic E-state index is 12.1. The number of ether oxygens (including phenoxy) is 3. The van der Waals surface area contributed by atoms with Crippen molar-refractivity contribution in [2.24, 2.45) is 0 Å². The van der Waals surface area contributed by atoms with Crippen LogP contribution < -0.4 is 0 Å². The van der Waals surface area contributed by atoms with Crippen LogP contribution in [0.3, 0.4) is 0 Å². The van der Waals surface area contributed by atoms with Gasteiger partial charge in [-0.15, -0.1) is 0 Å². The van der Waals surface area contributed by atoms with Crippen molar-refractivity contribution >= 4 is 12.0 Å². The van der Waals surface area contributed by atoms with E-state index in [4.69, 9.17) is 14.2 Å². The Morgan fingerprint density at radius 1 is 1.25 bits per heavy atom. The summed E-state index contributed by atoms with van der Waals surface area (Å²) in [5.74, 6) is -2.06. The van der Waals surface area contributed by atoms with Crippen LogP contribution in [-0.4, -0.2) is 36.6 Å². The highest BCUT2D eigenvalue weighted by atomic mass is 16.7. The first-order valence-electron chi connectivity index (χ1n) is 6.72. The van der Waals surface area contributed by atoms with Gasteiger partial charge in [0, 0.05) is 25.6 Å². The Kier molecular flexibility index (Phi) is 6.90. The third-order valence-electron chi connectivity index (χ3n) is 2.46. The number of carbonyl (C=O) groups is 1. The molecule has 0 aliphatic heterocycles. The molecule has 0 saturated heterocycles. The molecule has 1 aromatic rings. The van der Waals surface area contributed by atoms with E-state index < -0.39 is 11.8 Å². The minimum absolute atomic E-state index is 0.265. The average Bonchev–Trinajstić information content (AvgIpc) is 2.46. The fourth-order valence-electron chi connectivity index (χ4n) is 1.66. The van der Waals surface area contributed by atoms with E-state index in [0.29, 0.717) is 13.2 Å². The molecule has 0 fully saturated rings. The van der Waals surface area contributed by atoms with Crippen LogP contribution in [0.15, 0.2) is 30.6 Å². The molecule has 0 bridgehead atoms. The van der Waals surface area contributed by atoms with Crippen LogP contribution in [0.2, 0.25) is 0 Å². The van der Waals surface area contributed by atoms with Gasteiger partial charge >= 0.3 is 5.97 Å². The predicted molar refractivity (Wildman–Crippen MR) is 75.9 cm³/mol. The quantitative estimate of drug-likeness (QED) is 0.540. The summed E-state index contributed by atoms with van der Waals surface area (Å²) >= 11 is 0. The summed E-state index contributed by atoms with van der Waals surface area (Å²) in [6.07, 6.45) is 6.66. The molecule has 0 unspecified atom stereocenters. The third kappa shape index (κ3) is 4.43. The molecule has 0 radical (unpaired) electrons. The van der Waals surface area contributed by atoms with Gasteiger partial charge in [-0.05, 0) is 38.5 Å². The van der Waals surface area contributed by atoms with Crippen molar-refractivity contribution in [2.75, 3.05) is 19.8 Å². The van der Waals surface area contributed by atoms with E-state index in [1.54, 1.807) is 45.3 Å². The second kappa shape index (κ2) is 8.45. The fraction of sp³-hybridized carbons (Fsp3) is 0.467. The van der Waals surface area contributed by atoms with Gasteiger partial charge in [-0.2, -0.15) is 0 Å². The van der Waals surface area contributed by atoms with Crippen LogP contribution in [0.25, 0.3) is 6.08 Å². The van der Waals surface area contributed by atoms with Gasteiger partial charge in [0.1, 0.15) is 0 Å². The van der Waals surface area contributed by atoms with Crippen molar-refractivity contribution in [1.82, 2.24) is 4.98 Å². The number of aromatic nitrogens is 1. The van der Waals surface area contributed by atoms with E-state index in [1.807, 2.05) is 12.1 Å². The molecule has 0 aliphatic rings. The number of esters is 1. The molecule has 0 saturated carbocycles. The molecular weight excluding hydrogens is 258 g/mol. The van der Waals surface area contributed by atoms with E-state index in [9.17, 15) is 4.79 Å². The van der Waals surface area contributed by atoms with Crippen molar-refractivity contribution in [3.63, 3.8) is 0 Å². The lowest BCUT2D eigenvalue weighted by molar-refractivity contribution is -0.224. The topological polar surface area (TPSA) is 57.7 Å². The van der Waals surface area contributed by atoms with Crippen LogP contribution in [0.5, 0.6) is 0 Å². The number of rotatable bonds is 8. The Morgan fingerprint density at radius 3 is 2.45 bits per heavy atom. The molecule has 20 heavy (non-hydrogen) atoms. The summed E-state index contributed by atoms with van der Waals surface area (Å²) in [5.41, 5.74) is 0.848. The lowest BCUT2D eigenvalue weighted by Crippen LogP contribution is -2.44. The average molecular weight is 279 g/mol. The van der Waals surface area contributed by atoms with Crippen LogP contribution in [0, 0.1) is 0 Å². The largest absolute Gasteiger partial charge is 0.462 e. The smallest absolute Gasteiger partial charge is 0.371 e. The Morgan fingerprint density at radius 2 is 1.95 bits per heavy atom. The molecule has 1 heterocycles. The lowest BCUT2D eigenvalue weighted by Gasteiger charge is -2.27. The van der Waals surface area contributed by atoms with Crippen molar-refractivity contribution in [2.45, 2.75) is 26.6 Å². The van der Waals surface area contributed by atoms with Crippen molar-refractivity contribution < 1.29 is 19.0 Å². The molecule has 5 heteroatoms. The first-order valence-corrected chi connectivity index (χ1v) is 6.72.